The summed E-state index contributed by atoms with van der Waals surface area (Å²) >= 11 is 0. The highest BCUT2D eigenvalue weighted by molar-refractivity contribution is 7.84. The van der Waals surface area contributed by atoms with Crippen molar-refractivity contribution in [1.82, 2.24) is 4.31 Å². The molecule has 0 saturated heterocycles. The van der Waals surface area contributed by atoms with Gasteiger partial charge in [0.25, 0.3) is 5.91 Å². The Bertz CT molecular complexity index is 1220. The molecule has 0 aromatic heterocycles. The number of fused-ring (bicyclic) bond motifs is 4. The van der Waals surface area contributed by atoms with Crippen molar-refractivity contribution in [3.63, 3.8) is 0 Å². The summed E-state index contributed by atoms with van der Waals surface area (Å²) in [6, 6.07) is 18.8. The molecule has 1 unspecified atom stereocenters. The third-order valence-corrected chi connectivity index (χ3v) is 6.51. The van der Waals surface area contributed by atoms with Crippen molar-refractivity contribution in [3.05, 3.63) is 100 Å². The lowest BCUT2D eigenvalue weighted by Crippen LogP contribution is -2.26. The van der Waals surface area contributed by atoms with Crippen LogP contribution in [-0.2, 0) is 17.5 Å². The van der Waals surface area contributed by atoms with Gasteiger partial charge in [-0.05, 0) is 17.7 Å². The van der Waals surface area contributed by atoms with Gasteiger partial charge in [0.1, 0.15) is 0 Å². The van der Waals surface area contributed by atoms with Crippen LogP contribution >= 0.6 is 0 Å². The predicted molar refractivity (Wildman–Crippen MR) is 102 cm³/mol. The second kappa shape index (κ2) is 6.07. The smallest absolute Gasteiger partial charge is 0.267 e. The summed E-state index contributed by atoms with van der Waals surface area (Å²) in [7, 11) is -1.86. The highest BCUT2D eigenvalue weighted by Gasteiger charge is 2.42. The SMILES string of the molecule is O=C1c2ccccc2C(=O)c2c1ccc1c2S(=O)N(Cc2ccccc2)C1=O. The zero-order valence-electron chi connectivity index (χ0n) is 14.5. The molecule has 1 amide bonds. The van der Waals surface area contributed by atoms with E-state index >= 15 is 0 Å². The fourth-order valence-electron chi connectivity index (χ4n) is 3.71. The average molecular weight is 387 g/mol. The Morgan fingerprint density at radius 3 is 2.00 bits per heavy atom. The largest absolute Gasteiger partial charge is 0.289 e. The van der Waals surface area contributed by atoms with Crippen molar-refractivity contribution in [2.45, 2.75) is 11.4 Å². The highest BCUT2D eigenvalue weighted by atomic mass is 32.2. The first kappa shape index (κ1) is 16.8. The number of nitrogens with zero attached hydrogens (tertiary/aromatic N) is 1. The van der Waals surface area contributed by atoms with Crippen LogP contribution in [0.1, 0.15) is 47.8 Å². The minimum absolute atomic E-state index is 0.0865. The van der Waals surface area contributed by atoms with E-state index in [4.69, 9.17) is 0 Å². The van der Waals surface area contributed by atoms with E-state index in [0.717, 1.165) is 5.56 Å². The van der Waals surface area contributed by atoms with E-state index in [1.165, 1.54) is 16.4 Å². The number of amides is 1. The van der Waals surface area contributed by atoms with Gasteiger partial charge in [-0.2, -0.15) is 0 Å². The van der Waals surface area contributed by atoms with E-state index in [2.05, 4.69) is 0 Å². The molecule has 1 aliphatic carbocycles. The Labute approximate surface area is 163 Å². The summed E-state index contributed by atoms with van der Waals surface area (Å²) in [5, 5.41) is 0. The number of hydrogen-bond acceptors (Lipinski definition) is 4. The van der Waals surface area contributed by atoms with Crippen LogP contribution in [0.3, 0.4) is 0 Å². The standard InChI is InChI=1S/C22H13NO4S/c24-19-14-8-4-5-9-15(14)20(25)18-16(19)10-11-17-21(18)28(27)23(22(17)26)12-13-6-2-1-3-7-13/h1-11H,12H2. The summed E-state index contributed by atoms with van der Waals surface area (Å²) < 4.78 is 14.4. The summed E-state index contributed by atoms with van der Waals surface area (Å²) in [6.07, 6.45) is 0. The molecule has 0 spiro atoms. The highest BCUT2D eigenvalue weighted by Crippen LogP contribution is 2.38. The monoisotopic (exact) mass is 387 g/mol. The van der Waals surface area contributed by atoms with Crippen LogP contribution < -0.4 is 0 Å². The molecule has 5 nitrogen and oxygen atoms in total. The fourth-order valence-corrected chi connectivity index (χ4v) is 5.16. The van der Waals surface area contributed by atoms with Crippen molar-refractivity contribution in [1.29, 1.82) is 0 Å². The second-order valence-electron chi connectivity index (χ2n) is 6.65. The molecule has 136 valence electrons. The Hall–Kier alpha value is -3.38. The molecule has 28 heavy (non-hydrogen) atoms. The molecule has 5 rings (SSSR count). The van der Waals surface area contributed by atoms with E-state index in [9.17, 15) is 18.6 Å². The topological polar surface area (TPSA) is 71.5 Å². The Balaban J connectivity index is 1.65. The van der Waals surface area contributed by atoms with Crippen molar-refractivity contribution in [3.8, 4) is 0 Å². The van der Waals surface area contributed by atoms with Crippen LogP contribution in [0.15, 0.2) is 71.6 Å². The lowest BCUT2D eigenvalue weighted by molar-refractivity contribution is 0.0868. The number of rotatable bonds is 2. The van der Waals surface area contributed by atoms with Gasteiger partial charge in [-0.15, -0.1) is 0 Å². The molecule has 3 aromatic rings. The zero-order valence-corrected chi connectivity index (χ0v) is 15.4. The van der Waals surface area contributed by atoms with Gasteiger partial charge in [0.15, 0.2) is 22.6 Å². The van der Waals surface area contributed by atoms with Crippen LogP contribution in [0.25, 0.3) is 0 Å². The number of ketones is 2. The zero-order chi connectivity index (χ0) is 19.4. The molecule has 1 aliphatic heterocycles. The minimum Gasteiger partial charge on any atom is -0.289 e. The van der Waals surface area contributed by atoms with Crippen molar-refractivity contribution >= 4 is 28.5 Å². The van der Waals surface area contributed by atoms with E-state index < -0.39 is 16.9 Å². The minimum atomic E-state index is -1.86. The molecule has 3 aromatic carbocycles. The molecule has 0 bridgehead atoms. The molecule has 2 aliphatic rings. The first-order valence-electron chi connectivity index (χ1n) is 8.71. The third kappa shape index (κ3) is 2.25. The van der Waals surface area contributed by atoms with E-state index in [1.54, 1.807) is 24.3 Å². The van der Waals surface area contributed by atoms with Crippen molar-refractivity contribution < 1.29 is 18.6 Å². The van der Waals surface area contributed by atoms with Gasteiger partial charge in [-0.3, -0.25) is 14.4 Å². The van der Waals surface area contributed by atoms with Crippen LogP contribution in [-0.4, -0.2) is 26.0 Å². The summed E-state index contributed by atoms with van der Waals surface area (Å²) in [5.74, 6) is -1.07. The van der Waals surface area contributed by atoms with Gasteiger partial charge >= 0.3 is 0 Å². The van der Waals surface area contributed by atoms with Gasteiger partial charge in [0.2, 0.25) is 0 Å². The number of hydrogen-bond donors (Lipinski definition) is 0. The second-order valence-corrected chi connectivity index (χ2v) is 7.99. The normalized spacial score (nSPS) is 17.4. The van der Waals surface area contributed by atoms with Gasteiger partial charge in [0, 0.05) is 16.7 Å². The van der Waals surface area contributed by atoms with Crippen molar-refractivity contribution in [2.24, 2.45) is 0 Å². The maximum atomic E-state index is 13.2. The van der Waals surface area contributed by atoms with Gasteiger partial charge in [-0.1, -0.05) is 54.6 Å². The lowest BCUT2D eigenvalue weighted by Gasteiger charge is -2.19. The number of carbonyl (C=O) groups excluding carboxylic acids is 3. The molecule has 1 atom stereocenters. The van der Waals surface area contributed by atoms with Gasteiger partial charge in [-0.25, -0.2) is 8.51 Å². The molecule has 1 heterocycles. The van der Waals surface area contributed by atoms with E-state index in [-0.39, 0.29) is 45.3 Å². The molecule has 0 N–H and O–H groups in total. The fraction of sp³-hybridized carbons (Fsp3) is 0.0455. The van der Waals surface area contributed by atoms with Crippen LogP contribution in [0.5, 0.6) is 0 Å². The van der Waals surface area contributed by atoms with Crippen molar-refractivity contribution in [2.75, 3.05) is 0 Å². The predicted octanol–water partition coefficient (Wildman–Crippen LogP) is 3.14. The Morgan fingerprint density at radius 1 is 0.679 bits per heavy atom. The van der Waals surface area contributed by atoms with Gasteiger partial charge in [0.05, 0.1) is 22.6 Å². The number of benzene rings is 3. The first-order chi connectivity index (χ1) is 13.6. The van der Waals surface area contributed by atoms with Crippen LogP contribution in [0.2, 0.25) is 0 Å². The molecule has 6 heteroatoms. The maximum Gasteiger partial charge on any atom is 0.267 e. The summed E-state index contributed by atoms with van der Waals surface area (Å²) in [4.78, 5) is 39.0. The first-order valence-corrected chi connectivity index (χ1v) is 9.81. The maximum absolute atomic E-state index is 13.2. The Kier molecular flexibility index (Phi) is 3.64. The third-order valence-electron chi connectivity index (χ3n) is 5.05. The molecular formula is C22H13NO4S. The molecule has 0 fully saturated rings. The van der Waals surface area contributed by atoms with Gasteiger partial charge < -0.3 is 0 Å². The lowest BCUT2D eigenvalue weighted by atomic mass is 9.83. The van der Waals surface area contributed by atoms with Crippen LogP contribution in [0.4, 0.5) is 0 Å². The molecular weight excluding hydrogens is 374 g/mol. The summed E-state index contributed by atoms with van der Waals surface area (Å²) in [5.41, 5.74) is 1.94. The summed E-state index contributed by atoms with van der Waals surface area (Å²) in [6.45, 7) is 0.161. The number of carbonyl (C=O) groups is 3. The average Bonchev–Trinajstić information content (AvgIpc) is 2.97. The van der Waals surface area contributed by atoms with E-state index in [1.807, 2.05) is 30.3 Å². The van der Waals surface area contributed by atoms with E-state index in [0.29, 0.717) is 5.56 Å². The quantitative estimate of drug-likeness (QED) is 0.530. The molecule has 0 saturated carbocycles. The van der Waals surface area contributed by atoms with Crippen LogP contribution in [0, 0.1) is 0 Å². The molecule has 0 radical (unpaired) electrons. The Morgan fingerprint density at radius 2 is 1.29 bits per heavy atom.